The van der Waals surface area contributed by atoms with E-state index in [2.05, 4.69) is 0 Å². The van der Waals surface area contributed by atoms with Crippen molar-refractivity contribution >= 4 is 6.09 Å². The lowest BCUT2D eigenvalue weighted by molar-refractivity contribution is 0.0240. The summed E-state index contributed by atoms with van der Waals surface area (Å²) in [5.74, 6) is 0.214. The Labute approximate surface area is 84.5 Å². The smallest absolute Gasteiger partial charge is 0.407 e. The molecule has 4 heteroatoms. The first kappa shape index (κ1) is 11.3. The normalized spacial score (nSPS) is 29.2. The molecule has 0 saturated carbocycles. The van der Waals surface area contributed by atoms with Crippen LogP contribution in [-0.2, 0) is 0 Å². The highest BCUT2D eigenvalue weighted by Crippen LogP contribution is 2.37. The van der Waals surface area contributed by atoms with Gasteiger partial charge in [0, 0.05) is 6.54 Å². The summed E-state index contributed by atoms with van der Waals surface area (Å²) in [7, 11) is 0. The van der Waals surface area contributed by atoms with Gasteiger partial charge in [0.05, 0.1) is 12.1 Å². The van der Waals surface area contributed by atoms with Gasteiger partial charge in [-0.25, -0.2) is 4.79 Å². The summed E-state index contributed by atoms with van der Waals surface area (Å²) in [6.45, 7) is 4.53. The molecule has 82 valence electrons. The van der Waals surface area contributed by atoms with Crippen LogP contribution in [0.5, 0.6) is 0 Å². The van der Waals surface area contributed by atoms with Gasteiger partial charge in [-0.2, -0.15) is 0 Å². The molecule has 0 radical (unpaired) electrons. The fourth-order valence-corrected chi connectivity index (χ4v) is 2.40. The maximum absolute atomic E-state index is 11.0. The minimum absolute atomic E-state index is 0.0612. The monoisotopic (exact) mass is 201 g/mol. The van der Waals surface area contributed by atoms with Crippen molar-refractivity contribution in [3.63, 3.8) is 0 Å². The van der Waals surface area contributed by atoms with E-state index in [0.717, 1.165) is 19.3 Å². The van der Waals surface area contributed by atoms with E-state index in [9.17, 15) is 9.90 Å². The van der Waals surface area contributed by atoms with Gasteiger partial charge in [-0.3, -0.25) is 0 Å². The van der Waals surface area contributed by atoms with Crippen molar-refractivity contribution in [2.24, 2.45) is 5.92 Å². The molecule has 1 aliphatic heterocycles. The number of carbonyl (C=O) groups is 1. The molecular formula is C10H19NO3. The first-order valence-electron chi connectivity index (χ1n) is 5.20. The second kappa shape index (κ2) is 4.17. The van der Waals surface area contributed by atoms with Crippen LogP contribution in [-0.4, -0.2) is 39.9 Å². The molecule has 0 spiro atoms. The number of amides is 1. The van der Waals surface area contributed by atoms with E-state index in [-0.39, 0.29) is 12.5 Å². The van der Waals surface area contributed by atoms with Gasteiger partial charge >= 0.3 is 6.09 Å². The molecule has 1 rings (SSSR count). The molecule has 0 bridgehead atoms. The van der Waals surface area contributed by atoms with Crippen molar-refractivity contribution in [3.05, 3.63) is 0 Å². The molecule has 0 aromatic carbocycles. The van der Waals surface area contributed by atoms with E-state index < -0.39 is 11.6 Å². The number of aliphatic hydroxyl groups excluding tert-OH is 1. The summed E-state index contributed by atoms with van der Waals surface area (Å²) in [4.78, 5) is 12.4. The summed E-state index contributed by atoms with van der Waals surface area (Å²) in [5, 5.41) is 18.5. The van der Waals surface area contributed by atoms with Crippen LogP contribution in [0.15, 0.2) is 0 Å². The molecule has 1 aliphatic rings. The van der Waals surface area contributed by atoms with Crippen molar-refractivity contribution in [1.82, 2.24) is 4.90 Å². The van der Waals surface area contributed by atoms with E-state index in [1.165, 1.54) is 4.90 Å². The molecule has 0 aromatic rings. The zero-order valence-electron chi connectivity index (χ0n) is 8.86. The van der Waals surface area contributed by atoms with Gasteiger partial charge in [0.25, 0.3) is 0 Å². The summed E-state index contributed by atoms with van der Waals surface area (Å²) < 4.78 is 0. The van der Waals surface area contributed by atoms with Crippen LogP contribution in [0, 0.1) is 5.92 Å². The van der Waals surface area contributed by atoms with E-state index >= 15 is 0 Å². The van der Waals surface area contributed by atoms with Crippen molar-refractivity contribution in [1.29, 1.82) is 0 Å². The molecule has 2 atom stereocenters. The fraction of sp³-hybridized carbons (Fsp3) is 0.900. The number of hydrogen-bond donors (Lipinski definition) is 2. The molecule has 0 aromatic heterocycles. The maximum atomic E-state index is 11.0. The van der Waals surface area contributed by atoms with E-state index in [1.54, 1.807) is 0 Å². The standard InChI is InChI=1S/C10H19NO3/c1-3-8(2)10(7-12)5-4-6-11(10)9(13)14/h8,12H,3-7H2,1-2H3,(H,13,14). The Hall–Kier alpha value is -0.770. The van der Waals surface area contributed by atoms with Gasteiger partial charge in [0.15, 0.2) is 0 Å². The largest absolute Gasteiger partial charge is 0.465 e. The molecular weight excluding hydrogens is 182 g/mol. The average Bonchev–Trinajstić information content (AvgIpc) is 2.61. The molecule has 2 N–H and O–H groups in total. The predicted molar refractivity (Wildman–Crippen MR) is 53.2 cm³/mol. The lowest BCUT2D eigenvalue weighted by Crippen LogP contribution is -2.53. The van der Waals surface area contributed by atoms with Crippen LogP contribution >= 0.6 is 0 Å². The third-order valence-corrected chi connectivity index (χ3v) is 3.56. The van der Waals surface area contributed by atoms with Gasteiger partial charge in [-0.05, 0) is 18.8 Å². The second-order valence-corrected chi connectivity index (χ2v) is 4.11. The second-order valence-electron chi connectivity index (χ2n) is 4.11. The van der Waals surface area contributed by atoms with Crippen LogP contribution < -0.4 is 0 Å². The number of rotatable bonds is 3. The zero-order chi connectivity index (χ0) is 10.8. The maximum Gasteiger partial charge on any atom is 0.407 e. The summed E-state index contributed by atoms with van der Waals surface area (Å²) in [6.07, 6.45) is 1.63. The predicted octanol–water partition coefficient (Wildman–Crippen LogP) is 1.54. The number of nitrogens with zero attached hydrogens (tertiary/aromatic N) is 1. The molecule has 14 heavy (non-hydrogen) atoms. The summed E-state index contributed by atoms with van der Waals surface area (Å²) >= 11 is 0. The third kappa shape index (κ3) is 1.59. The first-order chi connectivity index (χ1) is 6.58. The van der Waals surface area contributed by atoms with E-state index in [4.69, 9.17) is 5.11 Å². The third-order valence-electron chi connectivity index (χ3n) is 3.56. The van der Waals surface area contributed by atoms with E-state index in [0.29, 0.717) is 6.54 Å². The highest BCUT2D eigenvalue weighted by Gasteiger charge is 2.46. The quantitative estimate of drug-likeness (QED) is 0.728. The van der Waals surface area contributed by atoms with Crippen LogP contribution in [0.1, 0.15) is 33.1 Å². The van der Waals surface area contributed by atoms with Crippen molar-refractivity contribution in [3.8, 4) is 0 Å². The molecule has 1 amide bonds. The minimum Gasteiger partial charge on any atom is -0.465 e. The summed E-state index contributed by atoms with van der Waals surface area (Å²) in [5.41, 5.74) is -0.527. The van der Waals surface area contributed by atoms with Gasteiger partial charge in [0.2, 0.25) is 0 Å². The Kier molecular flexibility index (Phi) is 3.37. The van der Waals surface area contributed by atoms with Crippen LogP contribution in [0.2, 0.25) is 0 Å². The van der Waals surface area contributed by atoms with Crippen LogP contribution in [0.25, 0.3) is 0 Å². The lowest BCUT2D eigenvalue weighted by atomic mass is 9.82. The number of carboxylic acid groups (broad SMARTS) is 1. The van der Waals surface area contributed by atoms with Gasteiger partial charge in [-0.15, -0.1) is 0 Å². The zero-order valence-corrected chi connectivity index (χ0v) is 8.86. The average molecular weight is 201 g/mol. The molecule has 1 fully saturated rings. The van der Waals surface area contributed by atoms with Gasteiger partial charge in [-0.1, -0.05) is 20.3 Å². The topological polar surface area (TPSA) is 60.8 Å². The fourth-order valence-electron chi connectivity index (χ4n) is 2.40. The minimum atomic E-state index is -0.906. The van der Waals surface area contributed by atoms with Crippen molar-refractivity contribution in [2.75, 3.05) is 13.2 Å². The number of likely N-dealkylation sites (tertiary alicyclic amines) is 1. The Morgan fingerprint density at radius 2 is 2.29 bits per heavy atom. The van der Waals surface area contributed by atoms with Crippen LogP contribution in [0.3, 0.4) is 0 Å². The molecule has 0 aliphatic carbocycles. The molecule has 2 unspecified atom stereocenters. The summed E-state index contributed by atoms with van der Waals surface area (Å²) in [6, 6.07) is 0. The van der Waals surface area contributed by atoms with Crippen LogP contribution in [0.4, 0.5) is 4.79 Å². The Morgan fingerprint density at radius 3 is 2.71 bits per heavy atom. The highest BCUT2D eigenvalue weighted by atomic mass is 16.4. The molecule has 4 nitrogen and oxygen atoms in total. The Bertz CT molecular complexity index is 219. The van der Waals surface area contributed by atoms with E-state index in [1.807, 2.05) is 13.8 Å². The van der Waals surface area contributed by atoms with Gasteiger partial charge < -0.3 is 15.1 Å². The van der Waals surface area contributed by atoms with Crippen molar-refractivity contribution < 1.29 is 15.0 Å². The SMILES string of the molecule is CCC(C)C1(CO)CCCN1C(=O)O. The number of hydrogen-bond acceptors (Lipinski definition) is 2. The van der Waals surface area contributed by atoms with Crippen molar-refractivity contribution in [2.45, 2.75) is 38.6 Å². The lowest BCUT2D eigenvalue weighted by Gasteiger charge is -2.40. The Morgan fingerprint density at radius 1 is 1.64 bits per heavy atom. The first-order valence-corrected chi connectivity index (χ1v) is 5.20. The number of aliphatic hydroxyl groups is 1. The molecule has 1 saturated heterocycles. The molecule has 1 heterocycles. The highest BCUT2D eigenvalue weighted by molar-refractivity contribution is 5.66. The van der Waals surface area contributed by atoms with Gasteiger partial charge in [0.1, 0.15) is 0 Å². The Balaban J connectivity index is 2.91.